The topological polar surface area (TPSA) is 32.8 Å². The molecule has 6 heteroatoms. The molecule has 0 saturated carbocycles. The van der Waals surface area contributed by atoms with Crippen LogP contribution in [0.15, 0.2) is 54.6 Å². The first-order chi connectivity index (χ1) is 13.2. The molecule has 4 nitrogen and oxygen atoms in total. The molecule has 1 saturated heterocycles. The highest BCUT2D eigenvalue weighted by Gasteiger charge is 2.29. The molecule has 0 unspecified atom stereocenters. The molecule has 0 radical (unpaired) electrons. The normalized spacial score (nSPS) is 15.1. The van der Waals surface area contributed by atoms with Crippen LogP contribution in [0.4, 0.5) is 10.1 Å². The number of hydrogen-bond donors (Lipinski definition) is 0. The van der Waals surface area contributed by atoms with Gasteiger partial charge in [0, 0.05) is 38.5 Å². The van der Waals surface area contributed by atoms with Gasteiger partial charge in [-0.15, -0.1) is 12.4 Å². The summed E-state index contributed by atoms with van der Waals surface area (Å²) in [6.45, 7) is 2.97. The number of hydrogen-bond acceptors (Lipinski definition) is 3. The van der Waals surface area contributed by atoms with Crippen molar-refractivity contribution in [2.45, 2.75) is 25.3 Å². The van der Waals surface area contributed by atoms with Gasteiger partial charge in [0.25, 0.3) is 5.91 Å². The highest BCUT2D eigenvalue weighted by molar-refractivity contribution is 5.94. The van der Waals surface area contributed by atoms with Gasteiger partial charge in [0.1, 0.15) is 12.4 Å². The summed E-state index contributed by atoms with van der Waals surface area (Å²) in [6, 6.07) is 16.8. The number of rotatable bonds is 7. The van der Waals surface area contributed by atoms with E-state index in [1.165, 1.54) is 24.8 Å². The maximum absolute atomic E-state index is 13.3. The Morgan fingerprint density at radius 1 is 1.11 bits per heavy atom. The van der Waals surface area contributed by atoms with Gasteiger partial charge in [-0.25, -0.2) is 4.39 Å². The van der Waals surface area contributed by atoms with Crippen LogP contribution in [0.1, 0.15) is 18.4 Å². The van der Waals surface area contributed by atoms with Gasteiger partial charge in [-0.3, -0.25) is 4.79 Å². The van der Waals surface area contributed by atoms with Crippen LogP contribution < -0.4 is 4.90 Å². The smallest absolute Gasteiger partial charge is 0.253 e. The second-order valence-corrected chi connectivity index (χ2v) is 6.98. The lowest BCUT2D eigenvalue weighted by Crippen LogP contribution is -2.49. The van der Waals surface area contributed by atoms with E-state index in [0.29, 0.717) is 0 Å². The summed E-state index contributed by atoms with van der Waals surface area (Å²) in [7, 11) is 1.52. The highest BCUT2D eigenvalue weighted by Crippen LogP contribution is 2.24. The van der Waals surface area contributed by atoms with Crippen LogP contribution in [0, 0.1) is 5.82 Å². The van der Waals surface area contributed by atoms with E-state index in [4.69, 9.17) is 4.74 Å². The standard InChI is InChI=1S/C22H27FN2O2.ClH/c1-27-17-22(26)25(20-9-7-19(23)8-10-20)21-12-15-24(16-13-21)14-11-18-5-3-2-4-6-18;/h2-10,21H,11-17H2,1H3;1H. The Labute approximate surface area is 172 Å². The summed E-state index contributed by atoms with van der Waals surface area (Å²) >= 11 is 0. The van der Waals surface area contributed by atoms with Gasteiger partial charge in [-0.05, 0) is 49.1 Å². The molecule has 1 aliphatic rings. The van der Waals surface area contributed by atoms with Gasteiger partial charge in [0.05, 0.1) is 0 Å². The average molecular weight is 407 g/mol. The molecule has 1 aliphatic heterocycles. The number of ether oxygens (including phenoxy) is 1. The Hall–Kier alpha value is -1.95. The summed E-state index contributed by atoms with van der Waals surface area (Å²) in [5.41, 5.74) is 2.09. The number of methoxy groups -OCH3 is 1. The van der Waals surface area contributed by atoms with E-state index >= 15 is 0 Å². The molecule has 0 atom stereocenters. The molecule has 0 aromatic heterocycles. The number of likely N-dealkylation sites (tertiary alicyclic amines) is 1. The molecule has 0 spiro atoms. The molecule has 1 fully saturated rings. The molecule has 2 aromatic rings. The summed E-state index contributed by atoms with van der Waals surface area (Å²) in [4.78, 5) is 16.9. The van der Waals surface area contributed by atoms with Crippen LogP contribution in [0.3, 0.4) is 0 Å². The minimum atomic E-state index is -0.298. The van der Waals surface area contributed by atoms with Crippen molar-refractivity contribution in [2.75, 3.05) is 38.3 Å². The summed E-state index contributed by atoms with van der Waals surface area (Å²) in [6.07, 6.45) is 2.85. The molecule has 0 bridgehead atoms. The number of piperidine rings is 1. The maximum Gasteiger partial charge on any atom is 0.253 e. The first-order valence-corrected chi connectivity index (χ1v) is 9.50. The van der Waals surface area contributed by atoms with Crippen molar-refractivity contribution < 1.29 is 13.9 Å². The third kappa shape index (κ3) is 6.03. The quantitative estimate of drug-likeness (QED) is 0.698. The van der Waals surface area contributed by atoms with Crippen molar-refractivity contribution in [1.82, 2.24) is 4.90 Å². The number of anilines is 1. The van der Waals surface area contributed by atoms with Crippen LogP contribution in [0.2, 0.25) is 0 Å². The van der Waals surface area contributed by atoms with Crippen molar-refractivity contribution in [3.8, 4) is 0 Å². The zero-order valence-electron chi connectivity index (χ0n) is 16.2. The van der Waals surface area contributed by atoms with E-state index in [-0.39, 0.29) is 36.8 Å². The lowest BCUT2D eigenvalue weighted by Gasteiger charge is -2.38. The van der Waals surface area contributed by atoms with Crippen LogP contribution in [-0.2, 0) is 16.0 Å². The first kappa shape index (κ1) is 22.3. The second-order valence-electron chi connectivity index (χ2n) is 6.98. The van der Waals surface area contributed by atoms with Gasteiger partial charge < -0.3 is 14.5 Å². The van der Waals surface area contributed by atoms with Crippen LogP contribution in [-0.4, -0.2) is 50.2 Å². The van der Waals surface area contributed by atoms with E-state index in [1.807, 2.05) is 6.07 Å². The number of halogens is 2. The molecule has 3 rings (SSSR count). The van der Waals surface area contributed by atoms with Gasteiger partial charge in [0.2, 0.25) is 0 Å². The summed E-state index contributed by atoms with van der Waals surface area (Å²) in [5.74, 6) is -0.375. The average Bonchev–Trinajstić information content (AvgIpc) is 2.70. The van der Waals surface area contributed by atoms with Crippen molar-refractivity contribution in [3.05, 3.63) is 66.0 Å². The van der Waals surface area contributed by atoms with E-state index in [9.17, 15) is 9.18 Å². The third-order valence-corrected chi connectivity index (χ3v) is 5.12. The van der Waals surface area contributed by atoms with Gasteiger partial charge in [-0.2, -0.15) is 0 Å². The Bertz CT molecular complexity index is 719. The Morgan fingerprint density at radius 3 is 2.36 bits per heavy atom. The zero-order chi connectivity index (χ0) is 19.1. The van der Waals surface area contributed by atoms with Crippen molar-refractivity contribution in [2.24, 2.45) is 0 Å². The second kappa shape index (κ2) is 11.1. The molecule has 0 N–H and O–H groups in total. The van der Waals surface area contributed by atoms with Crippen molar-refractivity contribution in [1.29, 1.82) is 0 Å². The molecular formula is C22H28ClFN2O2. The number of amides is 1. The minimum absolute atomic E-state index is 0. The van der Waals surface area contributed by atoms with Crippen LogP contribution >= 0.6 is 12.4 Å². The Morgan fingerprint density at radius 2 is 1.75 bits per heavy atom. The number of nitrogens with zero attached hydrogens (tertiary/aromatic N) is 2. The lowest BCUT2D eigenvalue weighted by atomic mass is 10.0. The predicted octanol–water partition coefficient (Wildman–Crippen LogP) is 3.93. The van der Waals surface area contributed by atoms with Gasteiger partial charge in [0.15, 0.2) is 0 Å². The number of carbonyl (C=O) groups is 1. The lowest BCUT2D eigenvalue weighted by molar-refractivity contribution is -0.122. The third-order valence-electron chi connectivity index (χ3n) is 5.12. The fourth-order valence-corrected chi connectivity index (χ4v) is 3.69. The highest BCUT2D eigenvalue weighted by atomic mass is 35.5. The van der Waals surface area contributed by atoms with E-state index in [1.54, 1.807) is 17.0 Å². The zero-order valence-corrected chi connectivity index (χ0v) is 17.0. The van der Waals surface area contributed by atoms with Crippen molar-refractivity contribution in [3.63, 3.8) is 0 Å². The molecule has 0 aliphatic carbocycles. The molecule has 2 aromatic carbocycles. The number of benzene rings is 2. The SMILES string of the molecule is COCC(=O)N(c1ccc(F)cc1)C1CCN(CCc2ccccc2)CC1.Cl. The first-order valence-electron chi connectivity index (χ1n) is 9.50. The van der Waals surface area contributed by atoms with Crippen LogP contribution in [0.5, 0.6) is 0 Å². The summed E-state index contributed by atoms with van der Waals surface area (Å²) < 4.78 is 18.3. The van der Waals surface area contributed by atoms with Gasteiger partial charge >= 0.3 is 0 Å². The maximum atomic E-state index is 13.3. The molecule has 1 amide bonds. The number of carbonyl (C=O) groups excluding carboxylic acids is 1. The molecule has 28 heavy (non-hydrogen) atoms. The molecule has 1 heterocycles. The van der Waals surface area contributed by atoms with E-state index < -0.39 is 0 Å². The summed E-state index contributed by atoms with van der Waals surface area (Å²) in [5, 5.41) is 0. The van der Waals surface area contributed by atoms with Crippen molar-refractivity contribution >= 4 is 24.0 Å². The molecular weight excluding hydrogens is 379 g/mol. The fraction of sp³-hybridized carbons (Fsp3) is 0.409. The Balaban J connectivity index is 0.00000280. The Kier molecular flexibility index (Phi) is 8.90. The van der Waals surface area contributed by atoms with Crippen LogP contribution in [0.25, 0.3) is 0 Å². The van der Waals surface area contributed by atoms with E-state index in [2.05, 4.69) is 29.2 Å². The minimum Gasteiger partial charge on any atom is -0.375 e. The van der Waals surface area contributed by atoms with Gasteiger partial charge in [-0.1, -0.05) is 30.3 Å². The predicted molar refractivity (Wildman–Crippen MR) is 113 cm³/mol. The monoisotopic (exact) mass is 406 g/mol. The fourth-order valence-electron chi connectivity index (χ4n) is 3.69. The largest absolute Gasteiger partial charge is 0.375 e. The molecule has 152 valence electrons. The van der Waals surface area contributed by atoms with E-state index in [0.717, 1.165) is 44.6 Å².